The van der Waals surface area contributed by atoms with Gasteiger partial charge in [-0.25, -0.2) is 9.97 Å². The number of thiophene rings is 1. The molecule has 0 fully saturated rings. The second-order valence-corrected chi connectivity index (χ2v) is 5.15. The van der Waals surface area contributed by atoms with Crippen molar-refractivity contribution in [3.8, 4) is 10.6 Å². The van der Waals surface area contributed by atoms with Gasteiger partial charge in [0.1, 0.15) is 10.5 Å². The summed E-state index contributed by atoms with van der Waals surface area (Å²) >= 11 is 9.27. The van der Waals surface area contributed by atoms with Gasteiger partial charge >= 0.3 is 0 Å². The van der Waals surface area contributed by atoms with Crippen LogP contribution >= 0.6 is 34.3 Å². The molecule has 0 saturated carbocycles. The minimum atomic E-state index is 0.477. The zero-order chi connectivity index (χ0) is 10.3. The van der Waals surface area contributed by atoms with E-state index in [1.807, 2.05) is 11.4 Å². The van der Waals surface area contributed by atoms with Gasteiger partial charge in [-0.3, -0.25) is 0 Å². The Bertz CT molecular complexity index is 601. The molecule has 3 aromatic rings. The molecule has 15 heavy (non-hydrogen) atoms. The molecule has 0 atom stereocenters. The van der Waals surface area contributed by atoms with Crippen LogP contribution in [0, 0.1) is 0 Å². The lowest BCUT2D eigenvalue weighted by atomic mass is 10.4. The number of rotatable bonds is 1. The zero-order valence-electron chi connectivity index (χ0n) is 7.48. The van der Waals surface area contributed by atoms with Gasteiger partial charge in [0.05, 0.1) is 4.70 Å². The highest BCUT2D eigenvalue weighted by Gasteiger charge is 2.09. The summed E-state index contributed by atoms with van der Waals surface area (Å²) in [5.41, 5.74) is 1.95. The van der Waals surface area contributed by atoms with Crippen LogP contribution in [-0.2, 0) is 0 Å². The number of hydrogen-bond donors (Lipinski definition) is 0. The molecule has 0 unspecified atom stereocenters. The number of pyridine rings is 1. The Balaban J connectivity index is 2.27. The maximum absolute atomic E-state index is 5.97. The topological polar surface area (TPSA) is 25.8 Å². The predicted octanol–water partition coefficient (Wildman–Crippen LogP) is 4.07. The maximum Gasteiger partial charge on any atom is 0.156 e. The molecule has 0 bridgehead atoms. The summed E-state index contributed by atoms with van der Waals surface area (Å²) in [5.74, 6) is 0. The number of hydrogen-bond acceptors (Lipinski definition) is 4. The molecule has 0 spiro atoms. The number of aromatic nitrogens is 2. The van der Waals surface area contributed by atoms with E-state index in [0.29, 0.717) is 5.15 Å². The Morgan fingerprint density at radius 3 is 2.93 bits per heavy atom. The summed E-state index contributed by atoms with van der Waals surface area (Å²) in [5, 5.41) is 5.60. The molecule has 2 nitrogen and oxygen atoms in total. The molecule has 0 N–H and O–H groups in total. The van der Waals surface area contributed by atoms with Crippen molar-refractivity contribution in [3.63, 3.8) is 0 Å². The third-order valence-corrected chi connectivity index (χ3v) is 4.06. The van der Waals surface area contributed by atoms with E-state index in [2.05, 4.69) is 21.4 Å². The normalized spacial score (nSPS) is 11.0. The molecule has 74 valence electrons. The average Bonchev–Trinajstić information content (AvgIpc) is 2.86. The Labute approximate surface area is 99.2 Å². The van der Waals surface area contributed by atoms with Gasteiger partial charge < -0.3 is 0 Å². The van der Waals surface area contributed by atoms with Crippen molar-refractivity contribution in [1.82, 2.24) is 9.97 Å². The molecule has 3 rings (SSSR count). The molecule has 0 saturated heterocycles. The molecule has 0 aliphatic heterocycles. The molecule has 0 amide bonds. The van der Waals surface area contributed by atoms with Gasteiger partial charge in [0.15, 0.2) is 5.15 Å². The van der Waals surface area contributed by atoms with Gasteiger partial charge in [0, 0.05) is 17.1 Å². The van der Waals surface area contributed by atoms with Gasteiger partial charge in [-0.2, -0.15) is 11.3 Å². The highest BCUT2D eigenvalue weighted by atomic mass is 35.5. The fraction of sp³-hybridized carbons (Fsp3) is 0. The molecule has 5 heteroatoms. The molecule has 0 aliphatic carbocycles. The third-order valence-electron chi connectivity index (χ3n) is 2.03. The monoisotopic (exact) mass is 252 g/mol. The zero-order valence-corrected chi connectivity index (χ0v) is 9.86. The number of thiazole rings is 1. The van der Waals surface area contributed by atoms with E-state index < -0.39 is 0 Å². The molecular formula is C10H5ClN2S2. The van der Waals surface area contributed by atoms with Crippen LogP contribution in [0.2, 0.25) is 5.15 Å². The van der Waals surface area contributed by atoms with Crippen LogP contribution in [0.5, 0.6) is 0 Å². The van der Waals surface area contributed by atoms with Crippen LogP contribution in [0.25, 0.3) is 20.8 Å². The van der Waals surface area contributed by atoms with Gasteiger partial charge in [-0.15, -0.1) is 11.3 Å². The van der Waals surface area contributed by atoms with Crippen molar-refractivity contribution >= 4 is 44.5 Å². The van der Waals surface area contributed by atoms with Crippen molar-refractivity contribution in [2.75, 3.05) is 0 Å². The van der Waals surface area contributed by atoms with Crippen molar-refractivity contribution in [3.05, 3.63) is 34.2 Å². The van der Waals surface area contributed by atoms with Crippen molar-refractivity contribution < 1.29 is 0 Å². The van der Waals surface area contributed by atoms with Crippen LogP contribution in [0.4, 0.5) is 0 Å². The van der Waals surface area contributed by atoms with Crippen molar-refractivity contribution in [2.45, 2.75) is 0 Å². The molecular weight excluding hydrogens is 248 g/mol. The van der Waals surface area contributed by atoms with Crippen LogP contribution in [0.1, 0.15) is 0 Å². The van der Waals surface area contributed by atoms with Crippen LogP contribution in [-0.4, -0.2) is 9.97 Å². The third kappa shape index (κ3) is 1.55. The second kappa shape index (κ2) is 3.56. The fourth-order valence-electron chi connectivity index (χ4n) is 1.33. The number of nitrogens with zero attached hydrogens (tertiary/aromatic N) is 2. The lowest BCUT2D eigenvalue weighted by Gasteiger charge is -1.87. The van der Waals surface area contributed by atoms with Crippen LogP contribution in [0.3, 0.4) is 0 Å². The summed E-state index contributed by atoms with van der Waals surface area (Å²) in [4.78, 5) is 8.50. The van der Waals surface area contributed by atoms with E-state index in [0.717, 1.165) is 20.8 Å². The minimum absolute atomic E-state index is 0.477. The standard InChI is InChI=1S/C10H5ClN2S2/c11-9-8-7(1-3-12-9)15-10(13-8)6-2-4-14-5-6/h1-5H. The van der Waals surface area contributed by atoms with Gasteiger partial charge in [0.25, 0.3) is 0 Å². The largest absolute Gasteiger partial charge is 0.242 e. The molecule has 3 heterocycles. The van der Waals surface area contributed by atoms with E-state index >= 15 is 0 Å². The first-order chi connectivity index (χ1) is 7.34. The highest BCUT2D eigenvalue weighted by Crippen LogP contribution is 2.33. The summed E-state index contributed by atoms with van der Waals surface area (Å²) < 4.78 is 1.08. The lowest BCUT2D eigenvalue weighted by Crippen LogP contribution is -1.75. The van der Waals surface area contributed by atoms with E-state index in [4.69, 9.17) is 11.6 Å². The summed E-state index contributed by atoms with van der Waals surface area (Å²) in [6.45, 7) is 0. The van der Waals surface area contributed by atoms with Gasteiger partial charge in [-0.05, 0) is 17.5 Å². The Kier molecular flexibility index (Phi) is 2.20. The SMILES string of the molecule is Clc1nccc2sc(-c3ccsc3)nc12. The summed E-state index contributed by atoms with van der Waals surface area (Å²) in [6.07, 6.45) is 1.71. The van der Waals surface area contributed by atoms with E-state index in [1.54, 1.807) is 28.9 Å². The van der Waals surface area contributed by atoms with Crippen molar-refractivity contribution in [2.24, 2.45) is 0 Å². The summed E-state index contributed by atoms with van der Waals surface area (Å²) in [6, 6.07) is 4.00. The Morgan fingerprint density at radius 1 is 1.27 bits per heavy atom. The molecule has 0 aliphatic rings. The van der Waals surface area contributed by atoms with E-state index in [1.165, 1.54) is 0 Å². The van der Waals surface area contributed by atoms with E-state index in [9.17, 15) is 0 Å². The van der Waals surface area contributed by atoms with E-state index in [-0.39, 0.29) is 0 Å². The maximum atomic E-state index is 5.97. The fourth-order valence-corrected chi connectivity index (χ4v) is 3.26. The Hall–Kier alpha value is -0.970. The first-order valence-corrected chi connectivity index (χ1v) is 6.42. The minimum Gasteiger partial charge on any atom is -0.242 e. The smallest absolute Gasteiger partial charge is 0.156 e. The molecule has 0 radical (unpaired) electrons. The number of fused-ring (bicyclic) bond motifs is 1. The first kappa shape index (κ1) is 9.27. The lowest BCUT2D eigenvalue weighted by molar-refractivity contribution is 1.34. The van der Waals surface area contributed by atoms with Crippen molar-refractivity contribution in [1.29, 1.82) is 0 Å². The molecule has 3 aromatic heterocycles. The Morgan fingerprint density at radius 2 is 2.20 bits per heavy atom. The van der Waals surface area contributed by atoms with Gasteiger partial charge in [-0.1, -0.05) is 11.6 Å². The van der Waals surface area contributed by atoms with Crippen LogP contribution < -0.4 is 0 Å². The van der Waals surface area contributed by atoms with Crippen LogP contribution in [0.15, 0.2) is 29.1 Å². The van der Waals surface area contributed by atoms with Gasteiger partial charge in [0.2, 0.25) is 0 Å². The quantitative estimate of drug-likeness (QED) is 0.610. The second-order valence-electron chi connectivity index (χ2n) is 2.98. The highest BCUT2D eigenvalue weighted by molar-refractivity contribution is 7.22. The predicted molar refractivity (Wildman–Crippen MR) is 65.7 cm³/mol. The average molecular weight is 253 g/mol. The number of halogens is 1. The summed E-state index contributed by atoms with van der Waals surface area (Å²) in [7, 11) is 0. The molecule has 0 aromatic carbocycles. The first-order valence-electron chi connectivity index (χ1n) is 4.28.